The first-order chi connectivity index (χ1) is 14.5. The van der Waals surface area contributed by atoms with Crippen LogP contribution in [0.4, 0.5) is 10.8 Å². The van der Waals surface area contributed by atoms with Crippen molar-refractivity contribution in [2.45, 2.75) is 32.2 Å². The second-order valence-corrected chi connectivity index (χ2v) is 9.18. The molecule has 5 rings (SSSR count). The number of aromatic nitrogens is 1. The number of hydrogen-bond donors (Lipinski definition) is 1. The number of anilines is 2. The Kier molecular flexibility index (Phi) is 4.83. The molecule has 7 heteroatoms. The molecule has 1 saturated carbocycles. The number of halogens is 1. The van der Waals surface area contributed by atoms with Crippen molar-refractivity contribution in [3.8, 4) is 11.3 Å². The Labute approximate surface area is 183 Å². The van der Waals surface area contributed by atoms with Crippen LogP contribution in [-0.2, 0) is 11.2 Å². The maximum atomic E-state index is 12.6. The van der Waals surface area contributed by atoms with Crippen LogP contribution in [0.15, 0.2) is 47.8 Å². The third-order valence-corrected chi connectivity index (χ3v) is 6.56. The Morgan fingerprint density at radius 1 is 1.20 bits per heavy atom. The van der Waals surface area contributed by atoms with Crippen molar-refractivity contribution in [3.05, 3.63) is 64.0 Å². The van der Waals surface area contributed by atoms with E-state index in [-0.39, 0.29) is 23.8 Å². The van der Waals surface area contributed by atoms with E-state index >= 15 is 0 Å². The summed E-state index contributed by atoms with van der Waals surface area (Å²) < 4.78 is 0. The molecular formula is C23H20ClN3O2S. The summed E-state index contributed by atoms with van der Waals surface area (Å²) in [5.74, 6) is 0.228. The quantitative estimate of drug-likeness (QED) is 0.594. The second-order valence-electron chi connectivity index (χ2n) is 7.88. The first-order valence-electron chi connectivity index (χ1n) is 9.98. The number of nitrogens with zero attached hydrogens (tertiary/aromatic N) is 2. The predicted molar refractivity (Wildman–Crippen MR) is 120 cm³/mol. The van der Waals surface area contributed by atoms with Crippen molar-refractivity contribution in [2.24, 2.45) is 5.92 Å². The molecule has 1 aromatic heterocycles. The first-order valence-corrected chi connectivity index (χ1v) is 11.2. The average molecular weight is 438 g/mol. The standard InChI is InChI=1S/C23H20ClN3O2S/c1-13-9-17-10-15(7-8-20(17)27(13)22(29)14-5-6-14)19-12-30-23(25-19)26-21(28)16-3-2-4-18(24)11-16/h2-4,7-8,10-14H,5-6,9H2,1H3,(H,25,26,28)/t13-/m0/s1. The molecule has 0 saturated heterocycles. The van der Waals surface area contributed by atoms with Gasteiger partial charge in [-0.25, -0.2) is 4.98 Å². The number of nitrogens with one attached hydrogen (secondary N) is 1. The van der Waals surface area contributed by atoms with Gasteiger partial charge in [0.1, 0.15) is 0 Å². The molecule has 0 radical (unpaired) electrons. The van der Waals surface area contributed by atoms with Crippen molar-refractivity contribution in [1.82, 2.24) is 4.98 Å². The number of carbonyl (C=O) groups is 2. The predicted octanol–water partition coefficient (Wildman–Crippen LogP) is 5.40. The third kappa shape index (κ3) is 3.61. The van der Waals surface area contributed by atoms with E-state index in [2.05, 4.69) is 23.3 Å². The summed E-state index contributed by atoms with van der Waals surface area (Å²) in [4.78, 5) is 31.6. The number of hydrogen-bond acceptors (Lipinski definition) is 4. The van der Waals surface area contributed by atoms with E-state index in [0.29, 0.717) is 15.7 Å². The van der Waals surface area contributed by atoms with Crippen LogP contribution in [0.25, 0.3) is 11.3 Å². The van der Waals surface area contributed by atoms with Crippen LogP contribution >= 0.6 is 22.9 Å². The van der Waals surface area contributed by atoms with Crippen LogP contribution in [0, 0.1) is 5.92 Å². The fourth-order valence-corrected chi connectivity index (χ4v) is 4.82. The molecule has 1 aliphatic carbocycles. The van der Waals surface area contributed by atoms with Gasteiger partial charge in [-0.05, 0) is 62.1 Å². The van der Waals surface area contributed by atoms with E-state index in [1.54, 1.807) is 24.3 Å². The largest absolute Gasteiger partial charge is 0.309 e. The van der Waals surface area contributed by atoms with E-state index in [4.69, 9.17) is 11.6 Å². The number of rotatable bonds is 4. The molecule has 30 heavy (non-hydrogen) atoms. The van der Waals surface area contributed by atoms with Crippen molar-refractivity contribution >= 4 is 45.6 Å². The van der Waals surface area contributed by atoms with Gasteiger partial charge in [0.05, 0.1) is 5.69 Å². The number of thiazole rings is 1. The van der Waals surface area contributed by atoms with Gasteiger partial charge in [0.15, 0.2) is 5.13 Å². The van der Waals surface area contributed by atoms with Crippen LogP contribution in [0.5, 0.6) is 0 Å². The monoisotopic (exact) mass is 437 g/mol. The van der Waals surface area contributed by atoms with Gasteiger partial charge in [0, 0.05) is 39.2 Å². The van der Waals surface area contributed by atoms with Crippen LogP contribution < -0.4 is 10.2 Å². The summed E-state index contributed by atoms with van der Waals surface area (Å²) >= 11 is 7.35. The van der Waals surface area contributed by atoms with Gasteiger partial charge >= 0.3 is 0 Å². The van der Waals surface area contributed by atoms with Gasteiger partial charge in [-0.1, -0.05) is 23.7 Å². The average Bonchev–Trinajstić information content (AvgIpc) is 3.39. The molecule has 2 aliphatic rings. The van der Waals surface area contributed by atoms with Crippen LogP contribution in [0.2, 0.25) is 5.02 Å². The summed E-state index contributed by atoms with van der Waals surface area (Å²) in [5, 5.41) is 5.82. The van der Waals surface area contributed by atoms with E-state index in [1.165, 1.54) is 16.9 Å². The van der Waals surface area contributed by atoms with Crippen molar-refractivity contribution in [2.75, 3.05) is 10.2 Å². The van der Waals surface area contributed by atoms with Gasteiger partial charge in [0.2, 0.25) is 5.91 Å². The summed E-state index contributed by atoms with van der Waals surface area (Å²) in [7, 11) is 0. The minimum Gasteiger partial charge on any atom is -0.309 e. The lowest BCUT2D eigenvalue weighted by Gasteiger charge is -2.22. The van der Waals surface area contributed by atoms with Gasteiger partial charge < -0.3 is 4.90 Å². The summed E-state index contributed by atoms with van der Waals surface area (Å²) in [6, 6.07) is 13.1. The lowest BCUT2D eigenvalue weighted by Crippen LogP contribution is -2.36. The van der Waals surface area contributed by atoms with Crippen LogP contribution in [0.1, 0.15) is 35.7 Å². The molecule has 2 aromatic carbocycles. The number of benzene rings is 2. The Morgan fingerprint density at radius 2 is 2.03 bits per heavy atom. The van der Waals surface area contributed by atoms with Crippen LogP contribution in [0.3, 0.4) is 0 Å². The fraction of sp³-hybridized carbons (Fsp3) is 0.261. The summed E-state index contributed by atoms with van der Waals surface area (Å²) in [6.45, 7) is 2.10. The zero-order valence-corrected chi connectivity index (χ0v) is 18.0. The molecule has 2 amide bonds. The number of carbonyl (C=O) groups excluding carboxylic acids is 2. The normalized spacial score (nSPS) is 17.7. The summed E-state index contributed by atoms with van der Waals surface area (Å²) in [5.41, 5.74) is 4.48. The maximum absolute atomic E-state index is 12.6. The lowest BCUT2D eigenvalue weighted by atomic mass is 10.1. The maximum Gasteiger partial charge on any atom is 0.257 e. The van der Waals surface area contributed by atoms with E-state index < -0.39 is 0 Å². The Morgan fingerprint density at radius 3 is 2.80 bits per heavy atom. The van der Waals surface area contributed by atoms with Crippen molar-refractivity contribution in [1.29, 1.82) is 0 Å². The highest BCUT2D eigenvalue weighted by molar-refractivity contribution is 7.14. The van der Waals surface area contributed by atoms with Gasteiger partial charge in [0.25, 0.3) is 5.91 Å². The first kappa shape index (κ1) is 19.3. The minimum atomic E-state index is -0.240. The topological polar surface area (TPSA) is 62.3 Å². The van der Waals surface area contributed by atoms with Crippen LogP contribution in [-0.4, -0.2) is 22.8 Å². The highest BCUT2D eigenvalue weighted by Crippen LogP contribution is 2.40. The molecule has 1 N–H and O–H groups in total. The Hall–Kier alpha value is -2.70. The molecule has 0 unspecified atom stereocenters. The molecule has 152 valence electrons. The molecule has 1 fully saturated rings. The van der Waals surface area contributed by atoms with Crippen molar-refractivity contribution in [3.63, 3.8) is 0 Å². The highest BCUT2D eigenvalue weighted by Gasteiger charge is 2.39. The molecule has 1 aliphatic heterocycles. The zero-order chi connectivity index (χ0) is 20.8. The molecule has 5 nitrogen and oxygen atoms in total. The highest BCUT2D eigenvalue weighted by atomic mass is 35.5. The molecule has 3 aromatic rings. The van der Waals surface area contributed by atoms with E-state index in [1.807, 2.05) is 22.4 Å². The summed E-state index contributed by atoms with van der Waals surface area (Å²) in [6.07, 6.45) is 2.88. The van der Waals surface area contributed by atoms with Gasteiger partial charge in [-0.15, -0.1) is 11.3 Å². The SMILES string of the molecule is C[C@H]1Cc2cc(-c3csc(NC(=O)c4cccc(Cl)c4)n3)ccc2N1C(=O)C1CC1. The lowest BCUT2D eigenvalue weighted by molar-refractivity contribution is -0.120. The molecule has 0 bridgehead atoms. The zero-order valence-electron chi connectivity index (χ0n) is 16.4. The van der Waals surface area contributed by atoms with Gasteiger partial charge in [-0.3, -0.25) is 14.9 Å². The minimum absolute atomic E-state index is 0.186. The number of fused-ring (bicyclic) bond motifs is 1. The fourth-order valence-electron chi connectivity index (χ4n) is 3.92. The molecular weight excluding hydrogens is 418 g/mol. The third-order valence-electron chi connectivity index (χ3n) is 5.57. The molecule has 0 spiro atoms. The Bertz CT molecular complexity index is 1150. The Balaban J connectivity index is 1.35. The molecule has 1 atom stereocenters. The number of amides is 2. The van der Waals surface area contributed by atoms with Crippen molar-refractivity contribution < 1.29 is 9.59 Å². The van der Waals surface area contributed by atoms with Gasteiger partial charge in [-0.2, -0.15) is 0 Å². The van der Waals surface area contributed by atoms with E-state index in [0.717, 1.165) is 36.2 Å². The molecule has 2 heterocycles. The second kappa shape index (κ2) is 7.52. The van der Waals surface area contributed by atoms with E-state index in [9.17, 15) is 9.59 Å². The smallest absolute Gasteiger partial charge is 0.257 e.